The zero-order valence-electron chi connectivity index (χ0n) is 14.9. The first-order chi connectivity index (χ1) is 11.7. The van der Waals surface area contributed by atoms with Crippen molar-refractivity contribution in [3.8, 4) is 0 Å². The number of piperidine rings is 1. The van der Waals surface area contributed by atoms with Gasteiger partial charge in [0, 0.05) is 36.7 Å². The molecule has 3 aliphatic rings. The minimum absolute atomic E-state index is 0.0360. The van der Waals surface area contributed by atoms with E-state index in [1.807, 2.05) is 13.8 Å². The van der Waals surface area contributed by atoms with Crippen molar-refractivity contribution in [1.29, 1.82) is 0 Å². The quantitative estimate of drug-likeness (QED) is 0.835. The molecule has 0 aromatic heterocycles. The van der Waals surface area contributed by atoms with Gasteiger partial charge in [0.15, 0.2) is 0 Å². The van der Waals surface area contributed by atoms with Gasteiger partial charge in [0.1, 0.15) is 0 Å². The van der Waals surface area contributed by atoms with E-state index in [-0.39, 0.29) is 17.7 Å². The molecule has 24 heavy (non-hydrogen) atoms. The molecule has 1 unspecified atom stereocenters. The Morgan fingerprint density at radius 1 is 1.17 bits per heavy atom. The zero-order chi connectivity index (χ0) is 17.1. The monoisotopic (exact) mass is 328 g/mol. The molecule has 1 aliphatic heterocycles. The molecule has 2 aliphatic carbocycles. The summed E-state index contributed by atoms with van der Waals surface area (Å²) in [5.74, 6) is 0.125. The smallest absolute Gasteiger partial charge is 0.233 e. The molecular weight excluding hydrogens is 300 g/mol. The number of hydrogen-bond acceptors (Lipinski definition) is 3. The second-order valence-corrected chi connectivity index (χ2v) is 6.90. The molecule has 130 valence electrons. The van der Waals surface area contributed by atoms with Gasteiger partial charge < -0.3 is 5.32 Å². The van der Waals surface area contributed by atoms with E-state index in [0.717, 1.165) is 50.8 Å². The van der Waals surface area contributed by atoms with Gasteiger partial charge in [-0.05, 0) is 44.1 Å². The van der Waals surface area contributed by atoms with Crippen molar-refractivity contribution >= 4 is 11.8 Å². The summed E-state index contributed by atoms with van der Waals surface area (Å²) in [4.78, 5) is 26.9. The first-order valence-corrected chi connectivity index (χ1v) is 9.39. The molecule has 1 N–H and O–H groups in total. The van der Waals surface area contributed by atoms with E-state index in [1.54, 1.807) is 0 Å². The Bertz CT molecular complexity index is 610. The number of allylic oxidation sites excluding steroid dienone is 5. The van der Waals surface area contributed by atoms with Crippen LogP contribution in [0.3, 0.4) is 0 Å². The Hall–Kier alpha value is -1.84. The van der Waals surface area contributed by atoms with E-state index in [4.69, 9.17) is 0 Å². The first kappa shape index (κ1) is 17.0. The van der Waals surface area contributed by atoms with Gasteiger partial charge >= 0.3 is 0 Å². The van der Waals surface area contributed by atoms with Crippen LogP contribution >= 0.6 is 0 Å². The van der Waals surface area contributed by atoms with Gasteiger partial charge in [-0.3, -0.25) is 14.5 Å². The fourth-order valence-corrected chi connectivity index (χ4v) is 4.13. The zero-order valence-corrected chi connectivity index (χ0v) is 14.9. The van der Waals surface area contributed by atoms with Crippen LogP contribution < -0.4 is 5.32 Å². The average molecular weight is 328 g/mol. The number of hydrogen-bond donors (Lipinski definition) is 1. The molecule has 1 fully saturated rings. The Labute approximate surface area is 144 Å². The van der Waals surface area contributed by atoms with Gasteiger partial charge in [-0.2, -0.15) is 0 Å². The lowest BCUT2D eigenvalue weighted by Crippen LogP contribution is -2.43. The van der Waals surface area contributed by atoms with E-state index >= 15 is 0 Å². The van der Waals surface area contributed by atoms with Crippen LogP contribution in [0.25, 0.3) is 0 Å². The third kappa shape index (κ3) is 3.06. The second-order valence-electron chi connectivity index (χ2n) is 6.90. The van der Waals surface area contributed by atoms with E-state index in [9.17, 15) is 9.59 Å². The van der Waals surface area contributed by atoms with E-state index in [0.29, 0.717) is 12.8 Å². The van der Waals surface area contributed by atoms with Crippen molar-refractivity contribution in [3.63, 3.8) is 0 Å². The Morgan fingerprint density at radius 2 is 1.88 bits per heavy atom. The summed E-state index contributed by atoms with van der Waals surface area (Å²) in [6.07, 6.45) is 10.9. The summed E-state index contributed by atoms with van der Waals surface area (Å²) >= 11 is 0. The molecule has 1 heterocycles. The minimum Gasteiger partial charge on any atom is -0.385 e. The predicted molar refractivity (Wildman–Crippen MR) is 94.8 cm³/mol. The standard InChI is InChI=1S/C20H28N2O2/c1-3-6-18(23)22(19(24)7-4-2)17-11-10-14-8-5-9-16-20(14)15(17)12-13-21-16/h9,11,15,21H,3-8,10,12-13H2,1-2H3. The highest BCUT2D eigenvalue weighted by atomic mass is 16.2. The van der Waals surface area contributed by atoms with Gasteiger partial charge in [-0.15, -0.1) is 0 Å². The molecule has 3 rings (SSSR count). The maximum Gasteiger partial charge on any atom is 0.233 e. The Kier molecular flexibility index (Phi) is 5.22. The van der Waals surface area contributed by atoms with E-state index < -0.39 is 0 Å². The van der Waals surface area contributed by atoms with Crippen LogP contribution in [0.4, 0.5) is 0 Å². The van der Waals surface area contributed by atoms with E-state index in [2.05, 4.69) is 17.5 Å². The molecule has 2 amide bonds. The summed E-state index contributed by atoms with van der Waals surface area (Å²) in [6, 6.07) is 0. The summed E-state index contributed by atoms with van der Waals surface area (Å²) < 4.78 is 0. The number of carbonyl (C=O) groups excluding carboxylic acids is 2. The lowest BCUT2D eigenvalue weighted by molar-refractivity contribution is -0.142. The van der Waals surface area contributed by atoms with Crippen molar-refractivity contribution in [2.45, 2.75) is 65.2 Å². The fourth-order valence-electron chi connectivity index (χ4n) is 4.13. The maximum absolute atomic E-state index is 12.7. The van der Waals surface area contributed by atoms with Gasteiger partial charge in [-0.25, -0.2) is 0 Å². The summed E-state index contributed by atoms with van der Waals surface area (Å²) in [5, 5.41) is 3.51. The summed E-state index contributed by atoms with van der Waals surface area (Å²) in [6.45, 7) is 4.88. The van der Waals surface area contributed by atoms with Crippen LogP contribution in [0.15, 0.2) is 34.7 Å². The lowest BCUT2D eigenvalue weighted by Gasteiger charge is -2.40. The average Bonchev–Trinajstić information content (AvgIpc) is 2.58. The normalized spacial score (nSPS) is 22.2. The van der Waals surface area contributed by atoms with Crippen molar-refractivity contribution in [3.05, 3.63) is 34.7 Å². The molecule has 4 heteroatoms. The van der Waals surface area contributed by atoms with Crippen molar-refractivity contribution in [2.75, 3.05) is 6.54 Å². The van der Waals surface area contributed by atoms with Crippen LogP contribution in [0, 0.1) is 5.92 Å². The molecular formula is C20H28N2O2. The number of amides is 2. The highest BCUT2D eigenvalue weighted by molar-refractivity contribution is 5.97. The van der Waals surface area contributed by atoms with Gasteiger partial charge in [0.2, 0.25) is 11.8 Å². The first-order valence-electron chi connectivity index (χ1n) is 9.39. The maximum atomic E-state index is 12.7. The third-order valence-corrected chi connectivity index (χ3v) is 5.16. The largest absolute Gasteiger partial charge is 0.385 e. The molecule has 0 saturated carbocycles. The molecule has 0 aromatic rings. The molecule has 0 spiro atoms. The van der Waals surface area contributed by atoms with Gasteiger partial charge in [-0.1, -0.05) is 31.6 Å². The molecule has 0 aromatic carbocycles. The lowest BCUT2D eigenvalue weighted by atomic mass is 9.75. The van der Waals surface area contributed by atoms with Crippen molar-refractivity contribution < 1.29 is 9.59 Å². The molecule has 4 nitrogen and oxygen atoms in total. The number of rotatable bonds is 5. The predicted octanol–water partition coefficient (Wildman–Crippen LogP) is 3.81. The minimum atomic E-state index is -0.0360. The summed E-state index contributed by atoms with van der Waals surface area (Å²) in [7, 11) is 0. The van der Waals surface area contributed by atoms with Crippen LogP contribution in [0.2, 0.25) is 0 Å². The van der Waals surface area contributed by atoms with Gasteiger partial charge in [0.05, 0.1) is 0 Å². The van der Waals surface area contributed by atoms with Gasteiger partial charge in [0.25, 0.3) is 0 Å². The number of nitrogens with one attached hydrogen (secondary N) is 1. The van der Waals surface area contributed by atoms with Crippen LogP contribution in [-0.4, -0.2) is 23.3 Å². The van der Waals surface area contributed by atoms with Crippen LogP contribution in [0.1, 0.15) is 65.2 Å². The Morgan fingerprint density at radius 3 is 2.54 bits per heavy atom. The van der Waals surface area contributed by atoms with E-state index in [1.165, 1.54) is 21.7 Å². The fraction of sp³-hybridized carbons (Fsp3) is 0.600. The molecule has 0 bridgehead atoms. The van der Waals surface area contributed by atoms with Crippen molar-refractivity contribution in [2.24, 2.45) is 5.92 Å². The molecule has 1 atom stereocenters. The Balaban J connectivity index is 1.93. The van der Waals surface area contributed by atoms with Crippen molar-refractivity contribution in [1.82, 2.24) is 10.2 Å². The summed E-state index contributed by atoms with van der Waals surface area (Å²) in [5.41, 5.74) is 5.03. The third-order valence-electron chi connectivity index (χ3n) is 5.16. The number of nitrogens with zero attached hydrogens (tertiary/aromatic N) is 1. The van der Waals surface area contributed by atoms with Crippen LogP contribution in [-0.2, 0) is 9.59 Å². The van der Waals surface area contributed by atoms with Crippen LogP contribution in [0.5, 0.6) is 0 Å². The molecule has 0 radical (unpaired) electrons. The second kappa shape index (κ2) is 7.37. The highest BCUT2D eigenvalue weighted by Gasteiger charge is 2.37. The topological polar surface area (TPSA) is 49.4 Å². The number of carbonyl (C=O) groups is 2. The molecule has 1 saturated heterocycles. The SMILES string of the molecule is CCCC(=O)N(C(=O)CCC)C1=CCC2=C3C(=CCC2)NCCC13. The highest BCUT2D eigenvalue weighted by Crippen LogP contribution is 2.43. The number of imide groups is 1.